The fourth-order valence-corrected chi connectivity index (χ4v) is 1.69. The van der Waals surface area contributed by atoms with Gasteiger partial charge in [0, 0.05) is 5.69 Å². The van der Waals surface area contributed by atoms with Crippen molar-refractivity contribution in [1.29, 1.82) is 0 Å². The van der Waals surface area contributed by atoms with Crippen molar-refractivity contribution in [3.05, 3.63) is 59.9 Å². The molecule has 0 saturated carbocycles. The molecule has 0 bridgehead atoms. The Balaban J connectivity index is 1.92. The van der Waals surface area contributed by atoms with Crippen molar-refractivity contribution in [3.63, 3.8) is 0 Å². The van der Waals surface area contributed by atoms with Gasteiger partial charge in [0.25, 0.3) is 0 Å². The molecule has 0 atom stereocenters. The van der Waals surface area contributed by atoms with Crippen LogP contribution in [0.3, 0.4) is 0 Å². The van der Waals surface area contributed by atoms with E-state index in [2.05, 4.69) is 5.32 Å². The molecule has 1 amide bonds. The van der Waals surface area contributed by atoms with Crippen LogP contribution in [0.4, 0.5) is 10.1 Å². The number of carbonyl (C=O) groups is 1. The monoisotopic (exact) mass is 293 g/mol. The van der Waals surface area contributed by atoms with E-state index in [9.17, 15) is 9.18 Å². The van der Waals surface area contributed by atoms with Gasteiger partial charge in [-0.05, 0) is 42.0 Å². The Morgan fingerprint density at radius 2 is 1.95 bits per heavy atom. The van der Waals surface area contributed by atoms with Crippen molar-refractivity contribution in [2.45, 2.75) is 6.61 Å². The summed E-state index contributed by atoms with van der Waals surface area (Å²) < 4.78 is 18.5. The third-order valence-electron chi connectivity index (χ3n) is 2.55. The van der Waals surface area contributed by atoms with Crippen LogP contribution in [0, 0.1) is 5.82 Å². The van der Waals surface area contributed by atoms with Gasteiger partial charge in [-0.25, -0.2) is 4.39 Å². The van der Waals surface area contributed by atoms with E-state index in [-0.39, 0.29) is 24.2 Å². The molecule has 0 spiro atoms. The minimum Gasteiger partial charge on any atom is -0.489 e. The highest BCUT2D eigenvalue weighted by Crippen LogP contribution is 2.17. The van der Waals surface area contributed by atoms with Gasteiger partial charge in [-0.2, -0.15) is 0 Å². The van der Waals surface area contributed by atoms with Gasteiger partial charge >= 0.3 is 0 Å². The molecule has 2 aromatic rings. The molecule has 0 fully saturated rings. The van der Waals surface area contributed by atoms with Crippen LogP contribution in [0.2, 0.25) is 0 Å². The van der Waals surface area contributed by atoms with Gasteiger partial charge in [0.2, 0.25) is 5.91 Å². The molecule has 20 heavy (non-hydrogen) atoms. The minimum absolute atomic E-state index is 0.0855. The van der Waals surface area contributed by atoms with Gasteiger partial charge in [-0.15, -0.1) is 11.6 Å². The molecule has 0 saturated heterocycles. The number of halogens is 2. The van der Waals surface area contributed by atoms with Crippen LogP contribution in [-0.4, -0.2) is 11.8 Å². The van der Waals surface area contributed by atoms with Crippen LogP contribution in [0.1, 0.15) is 5.56 Å². The van der Waals surface area contributed by atoms with Crippen LogP contribution in [-0.2, 0) is 11.4 Å². The molecule has 0 unspecified atom stereocenters. The lowest BCUT2D eigenvalue weighted by Gasteiger charge is -2.08. The largest absolute Gasteiger partial charge is 0.489 e. The zero-order valence-electron chi connectivity index (χ0n) is 10.6. The van der Waals surface area contributed by atoms with E-state index in [1.54, 1.807) is 36.4 Å². The molecule has 2 aromatic carbocycles. The molecular formula is C15H13ClFNO2. The van der Waals surface area contributed by atoms with Gasteiger partial charge in [0.15, 0.2) is 0 Å². The first-order valence-electron chi connectivity index (χ1n) is 6.00. The number of amides is 1. The van der Waals surface area contributed by atoms with Gasteiger partial charge < -0.3 is 10.1 Å². The van der Waals surface area contributed by atoms with E-state index >= 15 is 0 Å². The van der Waals surface area contributed by atoms with Crippen LogP contribution in [0.15, 0.2) is 48.5 Å². The number of anilines is 1. The van der Waals surface area contributed by atoms with Gasteiger partial charge in [-0.3, -0.25) is 4.79 Å². The Morgan fingerprint density at radius 1 is 1.20 bits per heavy atom. The molecule has 104 valence electrons. The molecule has 3 nitrogen and oxygen atoms in total. The number of alkyl halides is 1. The summed E-state index contributed by atoms with van der Waals surface area (Å²) in [5, 5.41) is 2.62. The van der Waals surface area contributed by atoms with Crippen LogP contribution >= 0.6 is 11.6 Å². The first kappa shape index (κ1) is 14.3. The van der Waals surface area contributed by atoms with Crippen LogP contribution in [0.25, 0.3) is 0 Å². The number of ether oxygens (including phenoxy) is 1. The fourth-order valence-electron chi connectivity index (χ4n) is 1.62. The number of carbonyl (C=O) groups excluding carboxylic acids is 1. The van der Waals surface area contributed by atoms with Gasteiger partial charge in [-0.1, -0.05) is 12.1 Å². The van der Waals surface area contributed by atoms with Crippen molar-refractivity contribution in [2.75, 3.05) is 11.2 Å². The summed E-state index contributed by atoms with van der Waals surface area (Å²) in [7, 11) is 0. The second kappa shape index (κ2) is 6.91. The van der Waals surface area contributed by atoms with Crippen LogP contribution < -0.4 is 10.1 Å². The fraction of sp³-hybridized carbons (Fsp3) is 0.133. The molecule has 0 aromatic heterocycles. The van der Waals surface area contributed by atoms with E-state index in [4.69, 9.17) is 16.3 Å². The molecule has 0 heterocycles. The molecule has 0 aliphatic carbocycles. The summed E-state index contributed by atoms with van der Waals surface area (Å²) in [5.74, 6) is 0.00105. The number of hydrogen-bond donors (Lipinski definition) is 1. The van der Waals surface area contributed by atoms with E-state index in [0.717, 1.165) is 5.56 Å². The van der Waals surface area contributed by atoms with Crippen LogP contribution in [0.5, 0.6) is 5.75 Å². The molecule has 0 aliphatic rings. The summed E-state index contributed by atoms with van der Waals surface area (Å²) >= 11 is 5.40. The maximum absolute atomic E-state index is 13.0. The quantitative estimate of drug-likeness (QED) is 0.856. The van der Waals surface area contributed by atoms with E-state index in [1.807, 2.05) is 0 Å². The highest BCUT2D eigenvalue weighted by molar-refractivity contribution is 6.29. The zero-order chi connectivity index (χ0) is 14.4. The summed E-state index contributed by atoms with van der Waals surface area (Å²) in [6, 6.07) is 13.1. The lowest BCUT2D eigenvalue weighted by molar-refractivity contribution is -0.113. The lowest BCUT2D eigenvalue weighted by Crippen LogP contribution is -2.12. The smallest absolute Gasteiger partial charge is 0.239 e. The number of benzene rings is 2. The highest BCUT2D eigenvalue weighted by atomic mass is 35.5. The maximum atomic E-state index is 13.0. The lowest BCUT2D eigenvalue weighted by atomic mass is 10.2. The summed E-state index contributed by atoms with van der Waals surface area (Å²) in [6.45, 7) is 0.283. The van der Waals surface area contributed by atoms with Crippen molar-refractivity contribution in [2.24, 2.45) is 0 Å². The Kier molecular flexibility index (Phi) is 4.96. The molecule has 2 rings (SSSR count). The van der Waals surface area contributed by atoms with Gasteiger partial charge in [0.05, 0.1) is 0 Å². The van der Waals surface area contributed by atoms with E-state index < -0.39 is 0 Å². The minimum atomic E-state index is -0.287. The number of rotatable bonds is 5. The van der Waals surface area contributed by atoms with E-state index in [0.29, 0.717) is 11.4 Å². The predicted octanol–water partition coefficient (Wildman–Crippen LogP) is 3.58. The standard InChI is InChI=1S/C15H13ClFNO2/c16-9-15(19)18-13-4-6-14(7-5-13)20-10-11-2-1-3-12(17)8-11/h1-8H,9-10H2,(H,18,19). The second-order valence-electron chi connectivity index (χ2n) is 4.12. The summed E-state index contributed by atoms with van der Waals surface area (Å²) in [6.07, 6.45) is 0. The normalized spacial score (nSPS) is 10.1. The molecular weight excluding hydrogens is 281 g/mol. The maximum Gasteiger partial charge on any atom is 0.239 e. The van der Waals surface area contributed by atoms with Crippen molar-refractivity contribution < 1.29 is 13.9 Å². The number of nitrogens with one attached hydrogen (secondary N) is 1. The van der Waals surface area contributed by atoms with Crippen molar-refractivity contribution >= 4 is 23.2 Å². The Morgan fingerprint density at radius 3 is 2.60 bits per heavy atom. The van der Waals surface area contributed by atoms with E-state index in [1.165, 1.54) is 12.1 Å². The predicted molar refractivity (Wildman–Crippen MR) is 76.5 cm³/mol. The Hall–Kier alpha value is -2.07. The average Bonchev–Trinajstić information content (AvgIpc) is 2.46. The topological polar surface area (TPSA) is 38.3 Å². The average molecular weight is 294 g/mol. The highest BCUT2D eigenvalue weighted by Gasteiger charge is 2.01. The molecule has 5 heteroatoms. The third kappa shape index (κ3) is 4.24. The van der Waals surface area contributed by atoms with Gasteiger partial charge in [0.1, 0.15) is 24.1 Å². The first-order chi connectivity index (χ1) is 9.67. The number of hydrogen-bond acceptors (Lipinski definition) is 2. The summed E-state index contributed by atoms with van der Waals surface area (Å²) in [5.41, 5.74) is 1.40. The molecule has 0 radical (unpaired) electrons. The first-order valence-corrected chi connectivity index (χ1v) is 6.54. The second-order valence-corrected chi connectivity index (χ2v) is 4.39. The van der Waals surface area contributed by atoms with Crippen molar-refractivity contribution in [1.82, 2.24) is 0 Å². The molecule has 0 aliphatic heterocycles. The van der Waals surface area contributed by atoms with Crippen molar-refractivity contribution in [3.8, 4) is 5.75 Å². The Labute approximate surface area is 121 Å². The summed E-state index contributed by atoms with van der Waals surface area (Å²) in [4.78, 5) is 11.1. The third-order valence-corrected chi connectivity index (χ3v) is 2.80. The SMILES string of the molecule is O=C(CCl)Nc1ccc(OCc2cccc(F)c2)cc1. The molecule has 1 N–H and O–H groups in total. The zero-order valence-corrected chi connectivity index (χ0v) is 11.4. The Bertz CT molecular complexity index is 587.